The molecule has 10 heteroatoms. The lowest BCUT2D eigenvalue weighted by Gasteiger charge is -2.39. The van der Waals surface area contributed by atoms with Crippen LogP contribution in [0.2, 0.25) is 0 Å². The van der Waals surface area contributed by atoms with E-state index in [0.29, 0.717) is 62.4 Å². The van der Waals surface area contributed by atoms with Crippen LogP contribution in [0.1, 0.15) is 103 Å². The minimum Gasteiger partial charge on any atom is -0.361 e. The molecule has 2 saturated heterocycles. The van der Waals surface area contributed by atoms with Crippen molar-refractivity contribution in [3.05, 3.63) is 46.2 Å². The molecule has 238 valence electrons. The molecule has 0 saturated carbocycles. The Morgan fingerprint density at radius 2 is 1.75 bits per heavy atom. The van der Waals surface area contributed by atoms with E-state index in [1.54, 1.807) is 29.2 Å². The molecule has 1 aromatic heterocycles. The summed E-state index contributed by atoms with van der Waals surface area (Å²) in [5.41, 5.74) is 0.249. The van der Waals surface area contributed by atoms with Crippen LogP contribution in [0.4, 0.5) is 0 Å². The van der Waals surface area contributed by atoms with Crippen LogP contribution in [-0.2, 0) is 24.0 Å². The maximum absolute atomic E-state index is 14.0. The largest absolute Gasteiger partial charge is 0.361 e. The van der Waals surface area contributed by atoms with Gasteiger partial charge in [0, 0.05) is 54.4 Å². The first kappa shape index (κ1) is 33.1. The molecule has 2 aliphatic heterocycles. The average molecular weight is 607 g/mol. The van der Waals surface area contributed by atoms with Crippen molar-refractivity contribution in [2.45, 2.75) is 110 Å². The van der Waals surface area contributed by atoms with E-state index in [2.05, 4.69) is 15.6 Å². The first-order valence-electron chi connectivity index (χ1n) is 16.2. The van der Waals surface area contributed by atoms with Gasteiger partial charge in [0.1, 0.15) is 17.9 Å². The van der Waals surface area contributed by atoms with E-state index in [-0.39, 0.29) is 35.4 Å². The monoisotopic (exact) mass is 606 g/mol. The van der Waals surface area contributed by atoms with Gasteiger partial charge in [0.05, 0.1) is 6.04 Å². The zero-order valence-corrected chi connectivity index (χ0v) is 26.2. The van der Waals surface area contributed by atoms with Crippen molar-refractivity contribution in [3.8, 4) is 0 Å². The number of hydrogen-bond donors (Lipinski definition) is 3. The number of piperidine rings is 1. The summed E-state index contributed by atoms with van der Waals surface area (Å²) in [6, 6.07) is 3.99. The summed E-state index contributed by atoms with van der Waals surface area (Å²) in [4.78, 5) is 85.8. The number of nitrogens with zero attached hydrogens (tertiary/aromatic N) is 1. The van der Waals surface area contributed by atoms with Crippen LogP contribution in [0.15, 0.2) is 35.3 Å². The normalized spacial score (nSPS) is 24.1. The van der Waals surface area contributed by atoms with Gasteiger partial charge in [-0.15, -0.1) is 0 Å². The number of Topliss-reactive ketones (excluding diaryl/α,β-unsaturated/α-hetero) is 2. The fraction of sp³-hybridized carbons (Fsp3) is 0.588. The molecule has 0 bridgehead atoms. The number of nitrogens with one attached hydrogen (secondary N) is 3. The average Bonchev–Trinajstić information content (AvgIpc) is 3.04. The van der Waals surface area contributed by atoms with Crippen LogP contribution >= 0.6 is 0 Å². The molecule has 3 heterocycles. The summed E-state index contributed by atoms with van der Waals surface area (Å²) in [7, 11) is 0. The standard InChI is InChI=1S/C34H46N4O6/c1-4-21(3)29-34(44)38-18-12-11-17-27(38)28(40)19-22(13-7-6-8-14-23(39)5-2)32(42)37-30(33(43)36-29)25-20-35-26-16-10-9-15-24(26)31(25)41/h9-10,15-16,20-22,27,29-30H,4-8,11-14,17-19H2,1-3H3,(H,35,41)(H,36,43)(H,37,42)/t21-,22-,27-,29+,30-/m1/s1. The lowest BCUT2D eigenvalue weighted by Crippen LogP contribution is -2.59. The van der Waals surface area contributed by atoms with E-state index in [1.807, 2.05) is 20.8 Å². The molecular formula is C34H46N4O6. The van der Waals surface area contributed by atoms with Gasteiger partial charge >= 0.3 is 0 Å². The lowest BCUT2D eigenvalue weighted by atomic mass is 9.87. The molecule has 0 aliphatic carbocycles. The smallest absolute Gasteiger partial charge is 0.248 e. The lowest BCUT2D eigenvalue weighted by molar-refractivity contribution is -0.147. The molecule has 4 rings (SSSR count). The Hall–Kier alpha value is -3.82. The number of amides is 3. The Kier molecular flexibility index (Phi) is 11.5. The highest BCUT2D eigenvalue weighted by molar-refractivity contribution is 5.98. The minimum atomic E-state index is -1.37. The third-order valence-electron chi connectivity index (χ3n) is 9.33. The molecular weight excluding hydrogens is 560 g/mol. The highest BCUT2D eigenvalue weighted by atomic mass is 16.2. The van der Waals surface area contributed by atoms with Gasteiger partial charge in [-0.25, -0.2) is 0 Å². The van der Waals surface area contributed by atoms with Crippen LogP contribution in [0.5, 0.6) is 0 Å². The fourth-order valence-corrected chi connectivity index (χ4v) is 6.34. The molecule has 0 spiro atoms. The summed E-state index contributed by atoms with van der Waals surface area (Å²) < 4.78 is 0. The number of pyridine rings is 1. The summed E-state index contributed by atoms with van der Waals surface area (Å²) in [6.07, 6.45) is 7.46. The van der Waals surface area contributed by atoms with Crippen LogP contribution in [0, 0.1) is 11.8 Å². The fourth-order valence-electron chi connectivity index (χ4n) is 6.34. The number of aromatic nitrogens is 1. The van der Waals surface area contributed by atoms with Crippen molar-refractivity contribution in [1.82, 2.24) is 20.5 Å². The van der Waals surface area contributed by atoms with Crippen molar-refractivity contribution in [2.75, 3.05) is 6.54 Å². The Labute approximate surface area is 258 Å². The second kappa shape index (κ2) is 15.3. The van der Waals surface area contributed by atoms with E-state index in [0.717, 1.165) is 19.3 Å². The topological polar surface area (TPSA) is 146 Å². The molecule has 0 unspecified atom stereocenters. The van der Waals surface area contributed by atoms with Gasteiger partial charge in [-0.05, 0) is 50.2 Å². The van der Waals surface area contributed by atoms with Crippen molar-refractivity contribution >= 4 is 40.2 Å². The van der Waals surface area contributed by atoms with E-state index in [4.69, 9.17) is 0 Å². The van der Waals surface area contributed by atoms with Gasteiger partial charge in [-0.2, -0.15) is 0 Å². The number of rotatable bonds is 10. The predicted octanol–water partition coefficient (Wildman–Crippen LogP) is 4.12. The maximum atomic E-state index is 14.0. The van der Waals surface area contributed by atoms with E-state index < -0.39 is 41.3 Å². The van der Waals surface area contributed by atoms with Gasteiger partial charge in [0.25, 0.3) is 0 Å². The molecule has 2 aliphatic rings. The van der Waals surface area contributed by atoms with Gasteiger partial charge in [-0.3, -0.25) is 28.8 Å². The molecule has 2 aromatic rings. The first-order chi connectivity index (χ1) is 21.2. The van der Waals surface area contributed by atoms with Crippen LogP contribution < -0.4 is 16.1 Å². The molecule has 3 N–H and O–H groups in total. The number of aromatic amines is 1. The van der Waals surface area contributed by atoms with Gasteiger partial charge < -0.3 is 20.5 Å². The Morgan fingerprint density at radius 1 is 0.977 bits per heavy atom. The SMILES string of the molecule is CCC(=O)CCCCC[C@@H]1CC(=O)[C@H]2CCCCN2C(=O)[C@H]([C@H](C)CC)NC(=O)[C@@H](c2c[nH]c3ccccc3c2=O)NC1=O. The van der Waals surface area contributed by atoms with E-state index in [9.17, 15) is 28.8 Å². The van der Waals surface area contributed by atoms with Gasteiger partial charge in [-0.1, -0.05) is 52.2 Å². The Balaban J connectivity index is 1.71. The summed E-state index contributed by atoms with van der Waals surface area (Å²) in [6.45, 7) is 6.04. The second-order valence-electron chi connectivity index (χ2n) is 12.3. The third kappa shape index (κ3) is 7.63. The van der Waals surface area contributed by atoms with E-state index >= 15 is 0 Å². The number of fused-ring (bicyclic) bond motifs is 2. The van der Waals surface area contributed by atoms with Gasteiger partial charge in [0.15, 0.2) is 11.2 Å². The number of H-pyrrole nitrogens is 1. The zero-order chi connectivity index (χ0) is 31.8. The number of para-hydroxylation sites is 1. The quantitative estimate of drug-likeness (QED) is 0.347. The first-order valence-corrected chi connectivity index (χ1v) is 16.2. The maximum Gasteiger partial charge on any atom is 0.248 e. The second-order valence-corrected chi connectivity index (χ2v) is 12.3. The molecule has 5 atom stereocenters. The zero-order valence-electron chi connectivity index (χ0n) is 26.2. The summed E-state index contributed by atoms with van der Waals surface area (Å²) >= 11 is 0. The van der Waals surface area contributed by atoms with E-state index in [1.165, 1.54) is 6.20 Å². The molecule has 2 fully saturated rings. The number of benzene rings is 1. The van der Waals surface area contributed by atoms with Crippen molar-refractivity contribution in [3.63, 3.8) is 0 Å². The predicted molar refractivity (Wildman–Crippen MR) is 168 cm³/mol. The molecule has 0 radical (unpaired) electrons. The summed E-state index contributed by atoms with van der Waals surface area (Å²) in [5.74, 6) is -2.39. The molecule has 3 amide bonds. The van der Waals surface area contributed by atoms with Gasteiger partial charge in [0.2, 0.25) is 17.7 Å². The van der Waals surface area contributed by atoms with Crippen molar-refractivity contribution < 1.29 is 24.0 Å². The number of unbranched alkanes of at least 4 members (excludes halogenated alkanes) is 2. The van der Waals surface area contributed by atoms with Crippen molar-refractivity contribution in [1.29, 1.82) is 0 Å². The van der Waals surface area contributed by atoms with Crippen LogP contribution in [0.25, 0.3) is 10.9 Å². The Morgan fingerprint density at radius 3 is 2.50 bits per heavy atom. The highest BCUT2D eigenvalue weighted by Crippen LogP contribution is 2.27. The Bertz CT molecular complexity index is 1430. The van der Waals surface area contributed by atoms with Crippen molar-refractivity contribution in [2.24, 2.45) is 11.8 Å². The number of carbonyl (C=O) groups excluding carboxylic acids is 5. The molecule has 44 heavy (non-hydrogen) atoms. The minimum absolute atomic E-state index is 0.0564. The van der Waals surface area contributed by atoms with Crippen LogP contribution in [-0.4, -0.2) is 57.8 Å². The number of carbonyl (C=O) groups is 5. The number of hydrogen-bond acceptors (Lipinski definition) is 6. The highest BCUT2D eigenvalue weighted by Gasteiger charge is 2.41. The molecule has 1 aromatic carbocycles. The molecule has 10 nitrogen and oxygen atoms in total. The summed E-state index contributed by atoms with van der Waals surface area (Å²) in [5, 5.41) is 6.06. The van der Waals surface area contributed by atoms with Crippen LogP contribution in [0.3, 0.4) is 0 Å². The number of ketones is 2. The third-order valence-corrected chi connectivity index (χ3v) is 9.33.